The van der Waals surface area contributed by atoms with Crippen molar-refractivity contribution in [3.8, 4) is 0 Å². The minimum Gasteiger partial charge on any atom is -0.312 e. The molecular weight excluding hydrogens is 282 g/mol. The first-order valence-corrected chi connectivity index (χ1v) is 8.78. The highest BCUT2D eigenvalue weighted by Gasteiger charge is 2.31. The molecular formula is C17H23NO2S. The Bertz CT molecular complexity index is 730. The van der Waals surface area contributed by atoms with Crippen molar-refractivity contribution in [3.05, 3.63) is 48.0 Å². The molecule has 0 aliphatic heterocycles. The van der Waals surface area contributed by atoms with Crippen molar-refractivity contribution in [1.29, 1.82) is 0 Å². The smallest absolute Gasteiger partial charge is 0.157 e. The lowest BCUT2D eigenvalue weighted by atomic mass is 10.0. The second-order valence-electron chi connectivity index (χ2n) is 6.34. The van der Waals surface area contributed by atoms with Crippen LogP contribution in [0.25, 0.3) is 10.8 Å². The number of sulfone groups is 1. The third kappa shape index (κ3) is 3.44. The number of hydrogen-bond acceptors (Lipinski definition) is 3. The van der Waals surface area contributed by atoms with Gasteiger partial charge >= 0.3 is 0 Å². The van der Waals surface area contributed by atoms with E-state index >= 15 is 0 Å². The Kier molecular flexibility index (Phi) is 4.40. The number of rotatable bonds is 4. The van der Waals surface area contributed by atoms with Gasteiger partial charge in [0, 0.05) is 6.04 Å². The fraction of sp³-hybridized carbons (Fsp3) is 0.412. The molecule has 4 heteroatoms. The average molecular weight is 305 g/mol. The molecule has 1 N–H and O–H groups in total. The molecule has 0 aliphatic rings. The minimum atomic E-state index is -3.17. The van der Waals surface area contributed by atoms with Gasteiger partial charge in [0.2, 0.25) is 0 Å². The van der Waals surface area contributed by atoms with Gasteiger partial charge in [0.05, 0.1) is 10.5 Å². The van der Waals surface area contributed by atoms with Gasteiger partial charge in [-0.3, -0.25) is 0 Å². The molecule has 0 bridgehead atoms. The molecule has 1 atom stereocenters. The topological polar surface area (TPSA) is 46.2 Å². The molecule has 2 rings (SSSR count). The third-order valence-corrected chi connectivity index (χ3v) is 6.48. The first kappa shape index (κ1) is 16.0. The Hall–Kier alpha value is -1.39. The molecule has 0 spiro atoms. The maximum Gasteiger partial charge on any atom is 0.157 e. The SMILES string of the molecule is CNC(CS(=O)(=O)C(C)(C)C)c1ccc2ccccc2c1. The lowest BCUT2D eigenvalue weighted by Crippen LogP contribution is -2.35. The average Bonchev–Trinajstić information content (AvgIpc) is 2.43. The lowest BCUT2D eigenvalue weighted by molar-refractivity contribution is 0.543. The summed E-state index contributed by atoms with van der Waals surface area (Å²) in [6.07, 6.45) is 0. The first-order valence-electron chi connectivity index (χ1n) is 7.13. The summed E-state index contributed by atoms with van der Waals surface area (Å²) in [5.74, 6) is 0.103. The maximum absolute atomic E-state index is 12.4. The molecule has 0 amide bonds. The van der Waals surface area contributed by atoms with E-state index in [1.54, 1.807) is 27.8 Å². The zero-order valence-corrected chi connectivity index (χ0v) is 13.9. The number of nitrogens with one attached hydrogen (secondary N) is 1. The molecule has 0 aromatic heterocycles. The molecule has 0 radical (unpaired) electrons. The van der Waals surface area contributed by atoms with Crippen LogP contribution in [0.5, 0.6) is 0 Å². The van der Waals surface area contributed by atoms with Crippen molar-refractivity contribution >= 4 is 20.6 Å². The van der Waals surface area contributed by atoms with Crippen LogP contribution in [-0.2, 0) is 9.84 Å². The summed E-state index contributed by atoms with van der Waals surface area (Å²) in [5, 5.41) is 5.42. The molecule has 0 aliphatic carbocycles. The van der Waals surface area contributed by atoms with Crippen LogP contribution in [0.3, 0.4) is 0 Å². The van der Waals surface area contributed by atoms with Crippen molar-refractivity contribution in [1.82, 2.24) is 5.32 Å². The van der Waals surface area contributed by atoms with E-state index in [1.807, 2.05) is 30.3 Å². The highest BCUT2D eigenvalue weighted by Crippen LogP contribution is 2.25. The highest BCUT2D eigenvalue weighted by atomic mass is 32.2. The van der Waals surface area contributed by atoms with E-state index in [0.717, 1.165) is 16.3 Å². The van der Waals surface area contributed by atoms with Gasteiger partial charge in [0.15, 0.2) is 9.84 Å². The Morgan fingerprint density at radius 3 is 2.24 bits per heavy atom. The standard InChI is InChI=1S/C17H23NO2S/c1-17(2,3)21(19,20)12-16(18-4)15-10-9-13-7-5-6-8-14(13)11-15/h5-11,16,18H,12H2,1-4H3. The monoisotopic (exact) mass is 305 g/mol. The van der Waals surface area contributed by atoms with Crippen LogP contribution in [-0.4, -0.2) is 26.0 Å². The summed E-state index contributed by atoms with van der Waals surface area (Å²) < 4.78 is 24.1. The Morgan fingerprint density at radius 2 is 1.67 bits per heavy atom. The van der Waals surface area contributed by atoms with E-state index in [4.69, 9.17) is 0 Å². The van der Waals surface area contributed by atoms with Crippen LogP contribution in [0.4, 0.5) is 0 Å². The fourth-order valence-corrected chi connectivity index (χ4v) is 3.54. The molecule has 2 aromatic rings. The lowest BCUT2D eigenvalue weighted by Gasteiger charge is -2.24. The number of fused-ring (bicyclic) bond motifs is 1. The van der Waals surface area contributed by atoms with Crippen LogP contribution >= 0.6 is 0 Å². The predicted molar refractivity (Wildman–Crippen MR) is 89.3 cm³/mol. The van der Waals surface area contributed by atoms with Crippen LogP contribution in [0.2, 0.25) is 0 Å². The van der Waals surface area contributed by atoms with Gasteiger partial charge in [-0.05, 0) is 50.2 Å². The van der Waals surface area contributed by atoms with E-state index in [2.05, 4.69) is 17.4 Å². The predicted octanol–water partition coefficient (Wildman–Crippen LogP) is 3.31. The summed E-state index contributed by atoms with van der Waals surface area (Å²) in [6, 6.07) is 14.0. The molecule has 3 nitrogen and oxygen atoms in total. The Labute approximate surface area is 127 Å². The van der Waals surface area contributed by atoms with Crippen molar-refractivity contribution in [2.75, 3.05) is 12.8 Å². The maximum atomic E-state index is 12.4. The molecule has 2 aromatic carbocycles. The molecule has 0 saturated heterocycles. The molecule has 114 valence electrons. The van der Waals surface area contributed by atoms with E-state index in [0.29, 0.717) is 0 Å². The molecule has 1 unspecified atom stereocenters. The normalized spacial score (nSPS) is 14.3. The van der Waals surface area contributed by atoms with Gasteiger partial charge in [-0.2, -0.15) is 0 Å². The van der Waals surface area contributed by atoms with Gasteiger partial charge < -0.3 is 5.32 Å². The van der Waals surface area contributed by atoms with Crippen LogP contribution in [0, 0.1) is 0 Å². The summed E-state index contributed by atoms with van der Waals surface area (Å²) in [6.45, 7) is 5.24. The summed E-state index contributed by atoms with van der Waals surface area (Å²) >= 11 is 0. The fourth-order valence-electron chi connectivity index (χ4n) is 2.24. The van der Waals surface area contributed by atoms with E-state index in [1.165, 1.54) is 0 Å². The van der Waals surface area contributed by atoms with Gasteiger partial charge in [-0.25, -0.2) is 8.42 Å². The quantitative estimate of drug-likeness (QED) is 0.942. The van der Waals surface area contributed by atoms with Crippen molar-refractivity contribution in [2.24, 2.45) is 0 Å². The molecule has 0 fully saturated rings. The largest absolute Gasteiger partial charge is 0.312 e. The number of benzene rings is 2. The van der Waals surface area contributed by atoms with E-state index in [-0.39, 0.29) is 11.8 Å². The first-order chi connectivity index (χ1) is 9.74. The molecule has 0 heterocycles. The number of hydrogen-bond donors (Lipinski definition) is 1. The van der Waals surface area contributed by atoms with Gasteiger partial charge in [-0.1, -0.05) is 36.4 Å². The van der Waals surface area contributed by atoms with Gasteiger partial charge in [-0.15, -0.1) is 0 Å². The van der Waals surface area contributed by atoms with Gasteiger partial charge in [0.25, 0.3) is 0 Å². The van der Waals surface area contributed by atoms with E-state index < -0.39 is 14.6 Å². The van der Waals surface area contributed by atoms with Gasteiger partial charge in [0.1, 0.15) is 0 Å². The van der Waals surface area contributed by atoms with Crippen molar-refractivity contribution in [2.45, 2.75) is 31.6 Å². The zero-order chi connectivity index (χ0) is 15.7. The Balaban J connectivity index is 2.36. The summed E-state index contributed by atoms with van der Waals surface area (Å²) in [7, 11) is -1.37. The second kappa shape index (κ2) is 5.78. The van der Waals surface area contributed by atoms with Crippen molar-refractivity contribution < 1.29 is 8.42 Å². The third-order valence-electron chi connectivity index (χ3n) is 3.84. The van der Waals surface area contributed by atoms with E-state index in [9.17, 15) is 8.42 Å². The van der Waals surface area contributed by atoms with Crippen LogP contribution in [0.15, 0.2) is 42.5 Å². The highest BCUT2D eigenvalue weighted by molar-refractivity contribution is 7.92. The Morgan fingerprint density at radius 1 is 1.05 bits per heavy atom. The molecule has 21 heavy (non-hydrogen) atoms. The summed E-state index contributed by atoms with van der Waals surface area (Å²) in [4.78, 5) is 0. The summed E-state index contributed by atoms with van der Waals surface area (Å²) in [5.41, 5.74) is 1.00. The van der Waals surface area contributed by atoms with Crippen molar-refractivity contribution in [3.63, 3.8) is 0 Å². The molecule has 0 saturated carbocycles. The van der Waals surface area contributed by atoms with Crippen LogP contribution in [0.1, 0.15) is 32.4 Å². The van der Waals surface area contributed by atoms with Crippen LogP contribution < -0.4 is 5.32 Å². The zero-order valence-electron chi connectivity index (χ0n) is 13.1. The minimum absolute atomic E-state index is 0.103. The second-order valence-corrected chi connectivity index (χ2v) is 9.13.